The van der Waals surface area contributed by atoms with Gasteiger partial charge in [0.15, 0.2) is 4.77 Å². The Balaban J connectivity index is 1.95. The first-order valence-electron chi connectivity index (χ1n) is 7.53. The van der Waals surface area contributed by atoms with Crippen molar-refractivity contribution in [1.29, 1.82) is 0 Å². The molecule has 0 saturated carbocycles. The van der Waals surface area contributed by atoms with Crippen molar-refractivity contribution in [1.82, 2.24) is 9.55 Å². The van der Waals surface area contributed by atoms with Gasteiger partial charge in [-0.2, -0.15) is 0 Å². The molecule has 0 aliphatic rings. The van der Waals surface area contributed by atoms with Gasteiger partial charge in [-0.1, -0.05) is 46.3 Å². The van der Waals surface area contributed by atoms with Crippen LogP contribution in [-0.2, 0) is 0 Å². The lowest BCUT2D eigenvalue weighted by molar-refractivity contribution is 0.0954. The first kappa shape index (κ1) is 15.9. The SMILES string of the molecule is O=C(c1ccc2ccccc2c1)n1c(=S)[nH]c2ccc(Br)cc2c1=O. The molecule has 0 radical (unpaired) electrons. The highest BCUT2D eigenvalue weighted by molar-refractivity contribution is 9.10. The van der Waals surface area contributed by atoms with Gasteiger partial charge in [0.2, 0.25) is 0 Å². The molecular formula is C19H11BrN2O2S. The highest BCUT2D eigenvalue weighted by Gasteiger charge is 2.15. The molecule has 0 unspecified atom stereocenters. The maximum atomic E-state index is 12.9. The van der Waals surface area contributed by atoms with Gasteiger partial charge in [0.1, 0.15) is 0 Å². The van der Waals surface area contributed by atoms with Crippen molar-refractivity contribution in [2.75, 3.05) is 0 Å². The summed E-state index contributed by atoms with van der Waals surface area (Å²) >= 11 is 8.59. The molecule has 0 amide bonds. The van der Waals surface area contributed by atoms with E-state index in [1.165, 1.54) is 0 Å². The Morgan fingerprint density at radius 3 is 2.56 bits per heavy atom. The number of benzene rings is 3. The molecule has 4 aromatic rings. The number of fused-ring (bicyclic) bond motifs is 2. The minimum atomic E-state index is -0.445. The van der Waals surface area contributed by atoms with Crippen LogP contribution in [0.2, 0.25) is 0 Å². The summed E-state index contributed by atoms with van der Waals surface area (Å²) in [6.07, 6.45) is 0. The van der Waals surface area contributed by atoms with Gasteiger partial charge < -0.3 is 4.98 Å². The van der Waals surface area contributed by atoms with Crippen LogP contribution in [0.25, 0.3) is 21.7 Å². The van der Waals surface area contributed by atoms with Gasteiger partial charge in [-0.3, -0.25) is 9.59 Å². The molecule has 0 fully saturated rings. The zero-order chi connectivity index (χ0) is 17.6. The predicted molar refractivity (Wildman–Crippen MR) is 105 cm³/mol. The lowest BCUT2D eigenvalue weighted by Crippen LogP contribution is -2.29. The summed E-state index contributed by atoms with van der Waals surface area (Å²) in [7, 11) is 0. The molecule has 0 saturated heterocycles. The van der Waals surface area contributed by atoms with E-state index in [9.17, 15) is 9.59 Å². The van der Waals surface area contributed by atoms with Crippen LogP contribution in [0.5, 0.6) is 0 Å². The Morgan fingerprint density at radius 2 is 1.76 bits per heavy atom. The van der Waals surface area contributed by atoms with Gasteiger partial charge in [-0.15, -0.1) is 0 Å². The van der Waals surface area contributed by atoms with Crippen molar-refractivity contribution in [2.45, 2.75) is 0 Å². The highest BCUT2D eigenvalue weighted by Crippen LogP contribution is 2.18. The van der Waals surface area contributed by atoms with E-state index in [0.29, 0.717) is 16.5 Å². The zero-order valence-electron chi connectivity index (χ0n) is 12.8. The van der Waals surface area contributed by atoms with E-state index < -0.39 is 11.5 Å². The van der Waals surface area contributed by atoms with Gasteiger partial charge in [0, 0.05) is 10.0 Å². The van der Waals surface area contributed by atoms with Crippen LogP contribution in [0.1, 0.15) is 10.4 Å². The van der Waals surface area contributed by atoms with E-state index in [-0.39, 0.29) is 4.77 Å². The normalized spacial score (nSPS) is 11.1. The van der Waals surface area contributed by atoms with E-state index in [0.717, 1.165) is 19.8 Å². The number of H-pyrrole nitrogens is 1. The van der Waals surface area contributed by atoms with Crippen molar-refractivity contribution < 1.29 is 4.79 Å². The molecule has 1 aromatic heterocycles. The third kappa shape index (κ3) is 2.73. The van der Waals surface area contributed by atoms with E-state index in [2.05, 4.69) is 20.9 Å². The maximum absolute atomic E-state index is 12.9. The van der Waals surface area contributed by atoms with Gasteiger partial charge in [0.05, 0.1) is 10.9 Å². The fourth-order valence-electron chi connectivity index (χ4n) is 2.82. The second-order valence-electron chi connectivity index (χ2n) is 5.63. The molecule has 0 aliphatic heterocycles. The number of nitrogens with zero attached hydrogens (tertiary/aromatic N) is 1. The Kier molecular flexibility index (Phi) is 3.86. The largest absolute Gasteiger partial charge is 0.331 e. The van der Waals surface area contributed by atoms with Crippen LogP contribution in [0.3, 0.4) is 0 Å². The summed E-state index contributed by atoms with van der Waals surface area (Å²) in [6.45, 7) is 0. The third-order valence-corrected chi connectivity index (χ3v) is 4.84. The third-order valence-electron chi connectivity index (χ3n) is 4.06. The minimum absolute atomic E-state index is 0.0815. The van der Waals surface area contributed by atoms with Crippen LogP contribution in [0, 0.1) is 4.77 Å². The quantitative estimate of drug-likeness (QED) is 0.464. The molecule has 0 bridgehead atoms. The van der Waals surface area contributed by atoms with Crippen LogP contribution in [0.4, 0.5) is 0 Å². The number of aromatic nitrogens is 2. The van der Waals surface area contributed by atoms with E-state index in [1.54, 1.807) is 24.3 Å². The Labute approximate surface area is 155 Å². The number of hydrogen-bond acceptors (Lipinski definition) is 3. The van der Waals surface area contributed by atoms with Gasteiger partial charge in [-0.25, -0.2) is 4.57 Å². The fraction of sp³-hybridized carbons (Fsp3) is 0. The number of halogens is 1. The second-order valence-corrected chi connectivity index (χ2v) is 6.93. The molecule has 1 heterocycles. The van der Waals surface area contributed by atoms with Crippen LogP contribution in [0.15, 0.2) is 69.9 Å². The highest BCUT2D eigenvalue weighted by atomic mass is 79.9. The van der Waals surface area contributed by atoms with Crippen LogP contribution in [-0.4, -0.2) is 15.5 Å². The number of carbonyl (C=O) groups excluding carboxylic acids is 1. The topological polar surface area (TPSA) is 54.9 Å². The Bertz CT molecular complexity index is 1270. The number of aromatic amines is 1. The Morgan fingerprint density at radius 1 is 1.00 bits per heavy atom. The summed E-state index contributed by atoms with van der Waals surface area (Å²) in [5, 5.41) is 2.36. The summed E-state index contributed by atoms with van der Waals surface area (Å²) in [6, 6.07) is 18.3. The van der Waals surface area contributed by atoms with Gasteiger partial charge in [0.25, 0.3) is 11.5 Å². The zero-order valence-corrected chi connectivity index (χ0v) is 15.2. The molecule has 0 spiro atoms. The lowest BCUT2D eigenvalue weighted by Gasteiger charge is -2.08. The smallest absolute Gasteiger partial charge is 0.269 e. The number of carbonyl (C=O) groups is 1. The molecule has 0 aliphatic carbocycles. The Hall–Kier alpha value is -2.57. The molecule has 25 heavy (non-hydrogen) atoms. The van der Waals surface area contributed by atoms with Crippen molar-refractivity contribution in [3.8, 4) is 0 Å². The molecular weight excluding hydrogens is 400 g/mol. The van der Waals surface area contributed by atoms with E-state index in [1.807, 2.05) is 36.4 Å². The summed E-state index contributed by atoms with van der Waals surface area (Å²) in [4.78, 5) is 28.7. The molecule has 4 nitrogen and oxygen atoms in total. The molecule has 0 atom stereocenters. The fourth-order valence-corrected chi connectivity index (χ4v) is 3.46. The average molecular weight is 411 g/mol. The molecule has 122 valence electrons. The average Bonchev–Trinajstić information content (AvgIpc) is 2.62. The summed E-state index contributed by atoms with van der Waals surface area (Å²) < 4.78 is 1.85. The van der Waals surface area contributed by atoms with E-state index in [4.69, 9.17) is 12.2 Å². The van der Waals surface area contributed by atoms with Crippen molar-refractivity contribution in [3.63, 3.8) is 0 Å². The summed E-state index contributed by atoms with van der Waals surface area (Å²) in [5.74, 6) is -0.445. The number of nitrogens with one attached hydrogen (secondary N) is 1. The monoisotopic (exact) mass is 410 g/mol. The van der Waals surface area contributed by atoms with Crippen LogP contribution >= 0.6 is 28.1 Å². The summed E-state index contributed by atoms with van der Waals surface area (Å²) in [5.41, 5.74) is 0.577. The van der Waals surface area contributed by atoms with Gasteiger partial charge >= 0.3 is 0 Å². The maximum Gasteiger partial charge on any atom is 0.269 e. The molecule has 3 aromatic carbocycles. The standard InChI is InChI=1S/C19H11BrN2O2S/c20-14-7-8-16-15(10-14)18(24)22(19(25)21-16)17(23)13-6-5-11-3-1-2-4-12(11)9-13/h1-10H,(H,21,25). The first-order valence-corrected chi connectivity index (χ1v) is 8.73. The molecule has 6 heteroatoms. The predicted octanol–water partition coefficient (Wildman–Crippen LogP) is 4.66. The number of rotatable bonds is 1. The molecule has 1 N–H and O–H groups in total. The lowest BCUT2D eigenvalue weighted by atomic mass is 10.1. The van der Waals surface area contributed by atoms with Crippen molar-refractivity contribution >= 4 is 55.7 Å². The minimum Gasteiger partial charge on any atom is -0.331 e. The van der Waals surface area contributed by atoms with E-state index >= 15 is 0 Å². The second kappa shape index (κ2) is 6.06. The van der Waals surface area contributed by atoms with Crippen molar-refractivity contribution in [3.05, 3.63) is 85.8 Å². The van der Waals surface area contributed by atoms with Crippen LogP contribution < -0.4 is 5.56 Å². The number of hydrogen-bond donors (Lipinski definition) is 1. The molecule has 4 rings (SSSR count). The first-order chi connectivity index (χ1) is 12.0. The van der Waals surface area contributed by atoms with Crippen molar-refractivity contribution in [2.24, 2.45) is 0 Å². The van der Waals surface area contributed by atoms with Gasteiger partial charge in [-0.05, 0) is 53.3 Å².